The van der Waals surface area contributed by atoms with Gasteiger partial charge in [-0.1, -0.05) is 42.0 Å². The number of benzene rings is 3. The lowest BCUT2D eigenvalue weighted by Crippen LogP contribution is -2.48. The highest BCUT2D eigenvalue weighted by atomic mass is 32.2. The molecule has 7 nitrogen and oxygen atoms in total. The molecule has 0 unspecified atom stereocenters. The van der Waals surface area contributed by atoms with E-state index in [0.29, 0.717) is 23.7 Å². The maximum atomic E-state index is 13.4. The van der Waals surface area contributed by atoms with E-state index in [-0.39, 0.29) is 12.5 Å². The summed E-state index contributed by atoms with van der Waals surface area (Å²) in [6, 6.07) is 23.2. The van der Waals surface area contributed by atoms with Gasteiger partial charge in [0, 0.05) is 30.9 Å². The summed E-state index contributed by atoms with van der Waals surface area (Å²) in [6.07, 6.45) is 1.22. The number of fused-ring (bicyclic) bond motifs is 1. The third kappa shape index (κ3) is 5.49. The number of hydrogen-bond donors (Lipinski definition) is 0. The maximum absolute atomic E-state index is 13.4. The quantitative estimate of drug-likeness (QED) is 0.319. The summed E-state index contributed by atoms with van der Waals surface area (Å²) in [6.45, 7) is 4.94. The molecule has 0 aliphatic carbocycles. The molecule has 5 rings (SSSR count). The molecule has 0 radical (unpaired) electrons. The Morgan fingerprint density at radius 1 is 0.974 bits per heavy atom. The van der Waals surface area contributed by atoms with Crippen LogP contribution in [0.15, 0.2) is 72.8 Å². The van der Waals surface area contributed by atoms with E-state index in [4.69, 9.17) is 4.74 Å². The van der Waals surface area contributed by atoms with Crippen LogP contribution in [0.1, 0.15) is 20.8 Å². The molecule has 0 atom stereocenters. The Hall–Kier alpha value is -3.56. The SMILES string of the molecule is COc1ccccc1N1CCN(C(=O)c2cc3cc(N(Cc4ccc(C)cc4)S(C)(=O)=O)ccc3s2)CC1. The van der Waals surface area contributed by atoms with Crippen molar-refractivity contribution in [1.82, 2.24) is 4.90 Å². The molecule has 1 aliphatic heterocycles. The molecule has 1 saturated heterocycles. The monoisotopic (exact) mass is 549 g/mol. The molecule has 1 amide bonds. The van der Waals surface area contributed by atoms with Crippen molar-refractivity contribution in [1.29, 1.82) is 0 Å². The van der Waals surface area contributed by atoms with Crippen LogP contribution in [-0.4, -0.2) is 58.8 Å². The summed E-state index contributed by atoms with van der Waals surface area (Å²) in [7, 11) is -1.84. The average molecular weight is 550 g/mol. The second-order valence-electron chi connectivity index (χ2n) is 9.54. The minimum absolute atomic E-state index is 0.00653. The Kier molecular flexibility index (Phi) is 7.32. The zero-order valence-corrected chi connectivity index (χ0v) is 23.4. The fourth-order valence-corrected chi connectivity index (χ4v) is 6.64. The molecule has 0 N–H and O–H groups in total. The lowest BCUT2D eigenvalue weighted by Gasteiger charge is -2.36. The first-order valence-corrected chi connectivity index (χ1v) is 15.1. The van der Waals surface area contributed by atoms with Gasteiger partial charge in [-0.15, -0.1) is 11.3 Å². The molecule has 38 heavy (non-hydrogen) atoms. The third-order valence-electron chi connectivity index (χ3n) is 6.84. The van der Waals surface area contributed by atoms with Crippen LogP contribution in [0.5, 0.6) is 5.75 Å². The molecular weight excluding hydrogens is 518 g/mol. The third-order valence-corrected chi connectivity index (χ3v) is 9.08. The summed E-state index contributed by atoms with van der Waals surface area (Å²) >= 11 is 1.44. The Morgan fingerprint density at radius 3 is 2.37 bits per heavy atom. The number of thiophene rings is 1. The van der Waals surface area contributed by atoms with Crippen molar-refractivity contribution in [3.05, 3.63) is 88.8 Å². The highest BCUT2D eigenvalue weighted by molar-refractivity contribution is 7.92. The number of methoxy groups -OCH3 is 1. The lowest BCUT2D eigenvalue weighted by atomic mass is 10.1. The maximum Gasteiger partial charge on any atom is 0.264 e. The molecule has 1 aliphatic rings. The number of aryl methyl sites for hydroxylation is 1. The summed E-state index contributed by atoms with van der Waals surface area (Å²) in [4.78, 5) is 18.2. The van der Waals surface area contributed by atoms with Crippen LogP contribution in [0.2, 0.25) is 0 Å². The molecule has 9 heteroatoms. The van der Waals surface area contributed by atoms with Gasteiger partial charge in [-0.2, -0.15) is 0 Å². The minimum atomic E-state index is -3.51. The molecule has 3 aromatic carbocycles. The van der Waals surface area contributed by atoms with Crippen molar-refractivity contribution in [3.63, 3.8) is 0 Å². The van der Waals surface area contributed by atoms with Crippen LogP contribution in [0.4, 0.5) is 11.4 Å². The molecule has 1 fully saturated rings. The van der Waals surface area contributed by atoms with Gasteiger partial charge in [-0.3, -0.25) is 9.10 Å². The second kappa shape index (κ2) is 10.7. The fraction of sp³-hybridized carbons (Fsp3) is 0.276. The van der Waals surface area contributed by atoms with E-state index in [1.165, 1.54) is 21.9 Å². The highest BCUT2D eigenvalue weighted by Crippen LogP contribution is 2.33. The van der Waals surface area contributed by atoms with Crippen molar-refractivity contribution < 1.29 is 17.9 Å². The van der Waals surface area contributed by atoms with E-state index in [1.807, 2.05) is 84.6 Å². The number of piperazine rings is 1. The number of para-hydroxylation sites is 2. The van der Waals surface area contributed by atoms with E-state index >= 15 is 0 Å². The standard InChI is InChI=1S/C29H31N3O4S2/c1-21-8-10-22(11-9-21)20-32(38(3,34)35)24-12-13-27-23(18-24)19-28(37-27)29(33)31-16-14-30(15-17-31)25-6-4-5-7-26(25)36-2/h4-13,18-19H,14-17,20H2,1-3H3. The van der Waals surface area contributed by atoms with Gasteiger partial charge in [-0.05, 0) is 54.3 Å². The number of amides is 1. The number of carbonyl (C=O) groups is 1. The first-order valence-electron chi connectivity index (χ1n) is 12.5. The Bertz CT molecular complexity index is 1560. The van der Waals surface area contributed by atoms with Crippen LogP contribution in [0.25, 0.3) is 10.1 Å². The fourth-order valence-electron chi connectivity index (χ4n) is 4.75. The molecule has 4 aromatic rings. The van der Waals surface area contributed by atoms with Gasteiger partial charge in [-0.25, -0.2) is 8.42 Å². The van der Waals surface area contributed by atoms with E-state index in [9.17, 15) is 13.2 Å². The summed E-state index contributed by atoms with van der Waals surface area (Å²) < 4.78 is 33.2. The number of rotatable bonds is 7. The number of sulfonamides is 1. The first-order chi connectivity index (χ1) is 18.2. The van der Waals surface area contributed by atoms with Gasteiger partial charge in [0.05, 0.1) is 36.2 Å². The minimum Gasteiger partial charge on any atom is -0.495 e. The Labute approximate surface area is 227 Å². The normalized spacial score (nSPS) is 14.1. The van der Waals surface area contributed by atoms with Gasteiger partial charge >= 0.3 is 0 Å². The second-order valence-corrected chi connectivity index (χ2v) is 12.5. The van der Waals surface area contributed by atoms with Crippen LogP contribution in [0, 0.1) is 6.92 Å². The molecule has 0 spiro atoms. The largest absolute Gasteiger partial charge is 0.495 e. The lowest BCUT2D eigenvalue weighted by molar-refractivity contribution is 0.0751. The number of ether oxygens (including phenoxy) is 1. The van der Waals surface area contributed by atoms with E-state index in [0.717, 1.165) is 45.7 Å². The van der Waals surface area contributed by atoms with Gasteiger partial charge < -0.3 is 14.5 Å². The zero-order chi connectivity index (χ0) is 26.9. The van der Waals surface area contributed by atoms with Crippen LogP contribution >= 0.6 is 11.3 Å². The van der Waals surface area contributed by atoms with Crippen LogP contribution in [0.3, 0.4) is 0 Å². The van der Waals surface area contributed by atoms with Crippen molar-refractivity contribution >= 4 is 48.7 Å². The molecular formula is C29H31N3O4S2. The summed E-state index contributed by atoms with van der Waals surface area (Å²) in [5.41, 5.74) is 3.66. The van der Waals surface area contributed by atoms with Gasteiger partial charge in [0.2, 0.25) is 10.0 Å². The van der Waals surface area contributed by atoms with Gasteiger partial charge in [0.15, 0.2) is 0 Å². The van der Waals surface area contributed by atoms with Crippen molar-refractivity contribution in [2.24, 2.45) is 0 Å². The average Bonchev–Trinajstić information content (AvgIpc) is 3.35. The smallest absolute Gasteiger partial charge is 0.264 e. The highest BCUT2D eigenvalue weighted by Gasteiger charge is 2.25. The van der Waals surface area contributed by atoms with Crippen LogP contribution < -0.4 is 13.9 Å². The Balaban J connectivity index is 1.33. The van der Waals surface area contributed by atoms with E-state index in [2.05, 4.69) is 4.90 Å². The molecule has 2 heterocycles. The molecule has 0 bridgehead atoms. The summed E-state index contributed by atoms with van der Waals surface area (Å²) in [5.74, 6) is 0.838. The molecule has 0 saturated carbocycles. The number of hydrogen-bond acceptors (Lipinski definition) is 6. The predicted molar refractivity (Wildman–Crippen MR) is 155 cm³/mol. The zero-order valence-electron chi connectivity index (χ0n) is 21.8. The first kappa shape index (κ1) is 26.1. The topological polar surface area (TPSA) is 70.2 Å². The Morgan fingerprint density at radius 2 is 1.68 bits per heavy atom. The van der Waals surface area contributed by atoms with Gasteiger partial charge in [0.25, 0.3) is 5.91 Å². The van der Waals surface area contributed by atoms with Gasteiger partial charge in [0.1, 0.15) is 5.75 Å². The van der Waals surface area contributed by atoms with Crippen molar-refractivity contribution in [2.45, 2.75) is 13.5 Å². The van der Waals surface area contributed by atoms with Crippen LogP contribution in [-0.2, 0) is 16.6 Å². The van der Waals surface area contributed by atoms with E-state index < -0.39 is 10.0 Å². The van der Waals surface area contributed by atoms with E-state index in [1.54, 1.807) is 7.11 Å². The van der Waals surface area contributed by atoms with Crippen molar-refractivity contribution in [2.75, 3.05) is 48.7 Å². The number of anilines is 2. The predicted octanol–water partition coefficient (Wildman–Crippen LogP) is 5.15. The number of carbonyl (C=O) groups excluding carboxylic acids is 1. The summed E-state index contributed by atoms with van der Waals surface area (Å²) in [5, 5.41) is 0.862. The molecule has 198 valence electrons. The molecule has 1 aromatic heterocycles. The number of nitrogens with zero attached hydrogens (tertiary/aromatic N) is 3. The van der Waals surface area contributed by atoms with Crippen molar-refractivity contribution in [3.8, 4) is 5.75 Å².